The zero-order chi connectivity index (χ0) is 10.2. The maximum absolute atomic E-state index is 12.7. The van der Waals surface area contributed by atoms with Gasteiger partial charge in [0.2, 0.25) is 0 Å². The minimum absolute atomic E-state index is 0.283. The molecule has 0 aromatic heterocycles. The van der Waals surface area contributed by atoms with Crippen molar-refractivity contribution in [1.29, 1.82) is 0 Å². The predicted octanol–water partition coefficient (Wildman–Crippen LogP) is 1.86. The zero-order valence-electron chi connectivity index (χ0n) is 5.96. The molecule has 3 nitrogen and oxygen atoms in total. The van der Waals surface area contributed by atoms with Gasteiger partial charge in [-0.3, -0.25) is 4.55 Å². The van der Waals surface area contributed by atoms with Crippen LogP contribution in [0, 0.1) is 11.6 Å². The number of hydrogen-bond acceptors (Lipinski definition) is 2. The summed E-state index contributed by atoms with van der Waals surface area (Å²) in [4.78, 5) is -1.04. The van der Waals surface area contributed by atoms with E-state index in [-0.39, 0.29) is 6.07 Å². The summed E-state index contributed by atoms with van der Waals surface area (Å²) in [6.45, 7) is 0. The summed E-state index contributed by atoms with van der Waals surface area (Å²) in [6.07, 6.45) is 0. The van der Waals surface area contributed by atoms with Gasteiger partial charge in [-0.05, 0) is 6.07 Å². The quantitative estimate of drug-likeness (QED) is 0.590. The Labute approximate surface area is 77.7 Å². The molecule has 0 radical (unpaired) electrons. The summed E-state index contributed by atoms with van der Waals surface area (Å²) in [5.74, 6) is -2.48. The Balaban J connectivity index is 3.50. The van der Waals surface area contributed by atoms with Gasteiger partial charge < -0.3 is 0 Å². The van der Waals surface area contributed by atoms with E-state index in [4.69, 9.17) is 16.2 Å². The molecule has 0 fully saturated rings. The van der Waals surface area contributed by atoms with Gasteiger partial charge in [0, 0.05) is 6.07 Å². The molecule has 0 aliphatic rings. The molecule has 72 valence electrons. The third-order valence-electron chi connectivity index (χ3n) is 1.25. The summed E-state index contributed by atoms with van der Waals surface area (Å²) in [7, 11) is -4.70. The molecule has 0 saturated carbocycles. The Morgan fingerprint density at radius 3 is 2.23 bits per heavy atom. The molecule has 0 saturated heterocycles. The Morgan fingerprint density at radius 2 is 1.77 bits per heavy atom. The maximum atomic E-state index is 12.7. The third kappa shape index (κ3) is 2.15. The normalized spacial score (nSPS) is 11.7. The van der Waals surface area contributed by atoms with Gasteiger partial charge in [0.05, 0.1) is 5.02 Å². The lowest BCUT2D eigenvalue weighted by Gasteiger charge is -2.00. The van der Waals surface area contributed by atoms with Crippen LogP contribution in [0.4, 0.5) is 8.78 Å². The summed E-state index contributed by atoms with van der Waals surface area (Å²) >= 11 is 5.17. The van der Waals surface area contributed by atoms with Gasteiger partial charge in [-0.2, -0.15) is 8.42 Å². The first-order chi connectivity index (χ1) is 5.82. The van der Waals surface area contributed by atoms with Crippen molar-refractivity contribution in [2.75, 3.05) is 0 Å². The van der Waals surface area contributed by atoms with Crippen LogP contribution in [0.5, 0.6) is 0 Å². The molecule has 0 atom stereocenters. The number of hydrogen-bond donors (Lipinski definition) is 1. The fourth-order valence-corrected chi connectivity index (χ4v) is 1.50. The molecule has 0 heterocycles. The standard InChI is InChI=1S/C6H3ClF2O3S/c7-3-1-6(13(10,11)12)5(9)2-4(3)8/h1-2H,(H,10,11,12). The molecule has 1 rings (SSSR count). The van der Waals surface area contributed by atoms with Crippen LogP contribution in [0.3, 0.4) is 0 Å². The van der Waals surface area contributed by atoms with E-state index in [0.717, 1.165) is 0 Å². The smallest absolute Gasteiger partial charge is 0.282 e. The zero-order valence-corrected chi connectivity index (χ0v) is 7.53. The van der Waals surface area contributed by atoms with Crippen LogP contribution in [0.25, 0.3) is 0 Å². The van der Waals surface area contributed by atoms with Gasteiger partial charge in [0.1, 0.15) is 16.5 Å². The first kappa shape index (κ1) is 10.4. The third-order valence-corrected chi connectivity index (χ3v) is 2.41. The summed E-state index contributed by atoms with van der Waals surface area (Å²) in [5.41, 5.74) is 0. The monoisotopic (exact) mass is 228 g/mol. The molecule has 0 unspecified atom stereocenters. The summed E-state index contributed by atoms with van der Waals surface area (Å²) in [5, 5.41) is -0.575. The van der Waals surface area contributed by atoms with E-state index >= 15 is 0 Å². The minimum atomic E-state index is -4.70. The Hall–Kier alpha value is -0.720. The Morgan fingerprint density at radius 1 is 1.23 bits per heavy atom. The fourth-order valence-electron chi connectivity index (χ4n) is 0.702. The largest absolute Gasteiger partial charge is 0.297 e. The van der Waals surface area contributed by atoms with E-state index in [1.54, 1.807) is 0 Å². The van der Waals surface area contributed by atoms with E-state index < -0.39 is 31.7 Å². The van der Waals surface area contributed by atoms with E-state index in [2.05, 4.69) is 0 Å². The van der Waals surface area contributed by atoms with Crippen molar-refractivity contribution in [1.82, 2.24) is 0 Å². The van der Waals surface area contributed by atoms with Crippen molar-refractivity contribution in [3.8, 4) is 0 Å². The van der Waals surface area contributed by atoms with Crippen molar-refractivity contribution in [3.05, 3.63) is 28.8 Å². The van der Waals surface area contributed by atoms with Gasteiger partial charge in [-0.25, -0.2) is 8.78 Å². The highest BCUT2D eigenvalue weighted by molar-refractivity contribution is 7.85. The van der Waals surface area contributed by atoms with Gasteiger partial charge in [-0.1, -0.05) is 11.6 Å². The van der Waals surface area contributed by atoms with Crippen molar-refractivity contribution < 1.29 is 21.8 Å². The first-order valence-corrected chi connectivity index (χ1v) is 4.76. The van der Waals surface area contributed by atoms with Crippen molar-refractivity contribution in [2.45, 2.75) is 4.90 Å². The molecular weight excluding hydrogens is 226 g/mol. The van der Waals surface area contributed by atoms with Crippen LogP contribution in [0.1, 0.15) is 0 Å². The molecule has 0 amide bonds. The molecular formula is C6H3ClF2O3S. The highest BCUT2D eigenvalue weighted by Gasteiger charge is 2.18. The summed E-state index contributed by atoms with van der Waals surface area (Å²) in [6, 6.07) is 0.785. The van der Waals surface area contributed by atoms with Crippen LogP contribution in [0.2, 0.25) is 5.02 Å². The second-order valence-corrected chi connectivity index (χ2v) is 3.97. The molecule has 1 aromatic carbocycles. The second kappa shape index (κ2) is 3.21. The second-order valence-electron chi connectivity index (χ2n) is 2.17. The number of rotatable bonds is 1. The number of benzene rings is 1. The predicted molar refractivity (Wildman–Crippen MR) is 41.2 cm³/mol. The van der Waals surface area contributed by atoms with Gasteiger partial charge in [-0.15, -0.1) is 0 Å². The van der Waals surface area contributed by atoms with Crippen LogP contribution in [-0.2, 0) is 10.1 Å². The van der Waals surface area contributed by atoms with Gasteiger partial charge >= 0.3 is 0 Å². The minimum Gasteiger partial charge on any atom is -0.282 e. The average molecular weight is 229 g/mol. The van der Waals surface area contributed by atoms with Crippen LogP contribution in [-0.4, -0.2) is 13.0 Å². The van der Waals surface area contributed by atoms with Crippen molar-refractivity contribution in [3.63, 3.8) is 0 Å². The molecule has 0 aliphatic carbocycles. The number of halogens is 3. The molecule has 0 bridgehead atoms. The van der Waals surface area contributed by atoms with Gasteiger partial charge in [0.25, 0.3) is 10.1 Å². The fraction of sp³-hybridized carbons (Fsp3) is 0. The van der Waals surface area contributed by atoms with E-state index in [0.29, 0.717) is 6.07 Å². The lowest BCUT2D eigenvalue weighted by atomic mass is 10.3. The Kier molecular flexibility index (Phi) is 2.56. The Bertz CT molecular complexity index is 443. The van der Waals surface area contributed by atoms with Crippen molar-refractivity contribution >= 4 is 21.7 Å². The van der Waals surface area contributed by atoms with E-state index in [1.165, 1.54) is 0 Å². The van der Waals surface area contributed by atoms with Crippen LogP contribution < -0.4 is 0 Å². The highest BCUT2D eigenvalue weighted by Crippen LogP contribution is 2.22. The molecule has 13 heavy (non-hydrogen) atoms. The molecule has 0 spiro atoms. The van der Waals surface area contributed by atoms with Crippen LogP contribution in [0.15, 0.2) is 17.0 Å². The SMILES string of the molecule is O=S(=O)(O)c1cc(Cl)c(F)cc1F. The molecule has 1 N–H and O–H groups in total. The van der Waals surface area contributed by atoms with E-state index in [1.807, 2.05) is 0 Å². The summed E-state index contributed by atoms with van der Waals surface area (Å²) < 4.78 is 54.5. The molecule has 0 aliphatic heterocycles. The highest BCUT2D eigenvalue weighted by atomic mass is 35.5. The van der Waals surface area contributed by atoms with Crippen molar-refractivity contribution in [2.24, 2.45) is 0 Å². The molecule has 1 aromatic rings. The average Bonchev–Trinajstić information content (AvgIpc) is 1.94. The molecule has 7 heteroatoms. The van der Waals surface area contributed by atoms with E-state index in [9.17, 15) is 17.2 Å². The maximum Gasteiger partial charge on any atom is 0.297 e. The van der Waals surface area contributed by atoms with Crippen LogP contribution >= 0.6 is 11.6 Å². The van der Waals surface area contributed by atoms with Gasteiger partial charge in [0.15, 0.2) is 0 Å². The topological polar surface area (TPSA) is 54.4 Å². The lowest BCUT2D eigenvalue weighted by molar-refractivity contribution is 0.471. The first-order valence-electron chi connectivity index (χ1n) is 2.94. The lowest BCUT2D eigenvalue weighted by Crippen LogP contribution is -2.02.